The third kappa shape index (κ3) is 2.91. The highest BCUT2D eigenvalue weighted by Gasteiger charge is 2.43. The van der Waals surface area contributed by atoms with Crippen LogP contribution in [0, 0.1) is 5.92 Å². The topological polar surface area (TPSA) is 9.23 Å². The molecule has 1 saturated carbocycles. The molecule has 1 aliphatic rings. The summed E-state index contributed by atoms with van der Waals surface area (Å²) < 4.78 is 31.4. The first-order valence-corrected chi connectivity index (χ1v) is 5.32. The number of rotatable bonds is 3. The maximum absolute atomic E-state index is 13.0. The largest absolute Gasteiger partial charge is 0.378 e. The van der Waals surface area contributed by atoms with Gasteiger partial charge in [-0.3, -0.25) is 0 Å². The molecule has 84 valence electrons. The van der Waals surface area contributed by atoms with Crippen molar-refractivity contribution in [3.63, 3.8) is 0 Å². The van der Waals surface area contributed by atoms with E-state index in [-0.39, 0.29) is 18.4 Å². The lowest BCUT2D eigenvalue weighted by Crippen LogP contribution is -2.41. The Bertz CT molecular complexity index is 180. The third-order valence-electron chi connectivity index (χ3n) is 3.11. The van der Waals surface area contributed by atoms with Gasteiger partial charge in [0.05, 0.1) is 5.60 Å². The minimum Gasteiger partial charge on any atom is -0.378 e. The molecule has 1 fully saturated rings. The van der Waals surface area contributed by atoms with E-state index in [2.05, 4.69) is 13.8 Å². The van der Waals surface area contributed by atoms with Crippen LogP contribution in [0.15, 0.2) is 0 Å². The summed E-state index contributed by atoms with van der Waals surface area (Å²) in [6.45, 7) is 4.21. The van der Waals surface area contributed by atoms with Crippen LogP contribution in [0.3, 0.4) is 0 Å². The van der Waals surface area contributed by atoms with Crippen molar-refractivity contribution >= 4 is 0 Å². The SMILES string of the molecule is COC1(CC(C)C)CCC(F)(F)CC1. The Balaban J connectivity index is 2.57. The van der Waals surface area contributed by atoms with Crippen molar-refractivity contribution < 1.29 is 13.5 Å². The van der Waals surface area contributed by atoms with E-state index in [1.54, 1.807) is 7.11 Å². The molecule has 0 aromatic carbocycles. The van der Waals surface area contributed by atoms with Crippen molar-refractivity contribution in [3.05, 3.63) is 0 Å². The van der Waals surface area contributed by atoms with Crippen molar-refractivity contribution in [1.82, 2.24) is 0 Å². The maximum Gasteiger partial charge on any atom is 0.248 e. The molecule has 0 aromatic rings. The molecule has 0 aromatic heterocycles. The highest BCUT2D eigenvalue weighted by Crippen LogP contribution is 2.42. The Hall–Kier alpha value is -0.180. The van der Waals surface area contributed by atoms with Crippen LogP contribution in [0.25, 0.3) is 0 Å². The van der Waals surface area contributed by atoms with E-state index in [9.17, 15) is 8.78 Å². The fraction of sp³-hybridized carbons (Fsp3) is 1.00. The average Bonchev–Trinajstić information content (AvgIpc) is 2.09. The van der Waals surface area contributed by atoms with Gasteiger partial charge < -0.3 is 4.74 Å². The first kappa shape index (κ1) is 11.9. The summed E-state index contributed by atoms with van der Waals surface area (Å²) in [6, 6.07) is 0. The molecule has 0 unspecified atom stereocenters. The molecule has 1 nitrogen and oxygen atoms in total. The normalized spacial score (nSPS) is 25.3. The molecular formula is C11H20F2O. The molecule has 0 N–H and O–H groups in total. The zero-order valence-corrected chi connectivity index (χ0v) is 9.28. The van der Waals surface area contributed by atoms with Crippen molar-refractivity contribution in [2.24, 2.45) is 5.92 Å². The number of alkyl halides is 2. The molecule has 0 spiro atoms. The molecule has 1 rings (SSSR count). The van der Waals surface area contributed by atoms with Gasteiger partial charge in [-0.2, -0.15) is 0 Å². The summed E-state index contributed by atoms with van der Waals surface area (Å²) >= 11 is 0. The number of hydrogen-bond acceptors (Lipinski definition) is 1. The lowest BCUT2D eigenvalue weighted by atomic mass is 9.78. The Kier molecular flexibility index (Phi) is 3.51. The van der Waals surface area contributed by atoms with E-state index in [0.29, 0.717) is 18.8 Å². The van der Waals surface area contributed by atoms with Crippen LogP contribution in [-0.2, 0) is 4.74 Å². The van der Waals surface area contributed by atoms with Crippen molar-refractivity contribution in [2.45, 2.75) is 57.5 Å². The number of hydrogen-bond donors (Lipinski definition) is 0. The lowest BCUT2D eigenvalue weighted by Gasteiger charge is -2.40. The van der Waals surface area contributed by atoms with Crippen LogP contribution in [0.5, 0.6) is 0 Å². The summed E-state index contributed by atoms with van der Waals surface area (Å²) in [5.74, 6) is -1.96. The van der Waals surface area contributed by atoms with Gasteiger partial charge in [0.15, 0.2) is 0 Å². The zero-order valence-electron chi connectivity index (χ0n) is 9.28. The van der Waals surface area contributed by atoms with Crippen LogP contribution in [0.2, 0.25) is 0 Å². The maximum atomic E-state index is 13.0. The van der Waals surface area contributed by atoms with Crippen molar-refractivity contribution in [2.75, 3.05) is 7.11 Å². The molecule has 0 heterocycles. The number of methoxy groups -OCH3 is 1. The van der Waals surface area contributed by atoms with Gasteiger partial charge in [0.1, 0.15) is 0 Å². The van der Waals surface area contributed by atoms with Gasteiger partial charge in [-0.05, 0) is 25.2 Å². The predicted molar refractivity (Wildman–Crippen MR) is 52.6 cm³/mol. The second-order valence-corrected chi connectivity index (χ2v) is 4.84. The fourth-order valence-corrected chi connectivity index (χ4v) is 2.31. The summed E-state index contributed by atoms with van der Waals surface area (Å²) in [5.41, 5.74) is -0.282. The Morgan fingerprint density at radius 2 is 1.64 bits per heavy atom. The van der Waals surface area contributed by atoms with Gasteiger partial charge in [0, 0.05) is 20.0 Å². The van der Waals surface area contributed by atoms with Gasteiger partial charge in [-0.25, -0.2) is 8.78 Å². The average molecular weight is 206 g/mol. The van der Waals surface area contributed by atoms with Crippen molar-refractivity contribution in [3.8, 4) is 0 Å². The highest BCUT2D eigenvalue weighted by atomic mass is 19.3. The van der Waals surface area contributed by atoms with Crippen molar-refractivity contribution in [1.29, 1.82) is 0 Å². The van der Waals surface area contributed by atoms with E-state index < -0.39 is 5.92 Å². The smallest absolute Gasteiger partial charge is 0.248 e. The zero-order chi connectivity index (χ0) is 10.8. The van der Waals surface area contributed by atoms with Gasteiger partial charge in [-0.1, -0.05) is 13.8 Å². The monoisotopic (exact) mass is 206 g/mol. The Morgan fingerprint density at radius 1 is 1.14 bits per heavy atom. The molecule has 1 aliphatic carbocycles. The second kappa shape index (κ2) is 4.13. The number of halogens is 2. The van der Waals surface area contributed by atoms with E-state index in [1.165, 1.54) is 0 Å². The minimum absolute atomic E-state index is 0.0203. The highest BCUT2D eigenvalue weighted by molar-refractivity contribution is 4.90. The lowest BCUT2D eigenvalue weighted by molar-refractivity contribution is -0.125. The fourth-order valence-electron chi connectivity index (χ4n) is 2.31. The molecule has 14 heavy (non-hydrogen) atoms. The second-order valence-electron chi connectivity index (χ2n) is 4.84. The van der Waals surface area contributed by atoms with E-state index in [4.69, 9.17) is 4.74 Å². The van der Waals surface area contributed by atoms with Gasteiger partial charge in [0.25, 0.3) is 0 Å². The predicted octanol–water partition coefficient (Wildman–Crippen LogP) is 3.63. The van der Waals surface area contributed by atoms with Gasteiger partial charge in [-0.15, -0.1) is 0 Å². The quantitative estimate of drug-likeness (QED) is 0.685. The van der Waals surface area contributed by atoms with Gasteiger partial charge >= 0.3 is 0 Å². The molecule has 0 radical (unpaired) electrons. The third-order valence-corrected chi connectivity index (χ3v) is 3.11. The van der Waals surface area contributed by atoms with Crippen LogP contribution in [0.1, 0.15) is 46.0 Å². The molecule has 0 saturated heterocycles. The molecule has 0 bridgehead atoms. The Morgan fingerprint density at radius 3 is 2.00 bits per heavy atom. The van der Waals surface area contributed by atoms with E-state index in [0.717, 1.165) is 6.42 Å². The molecule has 0 amide bonds. The molecule has 0 atom stereocenters. The van der Waals surface area contributed by atoms with Crippen LogP contribution in [-0.4, -0.2) is 18.6 Å². The van der Waals surface area contributed by atoms with E-state index >= 15 is 0 Å². The summed E-state index contributed by atoms with van der Waals surface area (Å²) in [6.07, 6.45) is 1.84. The first-order valence-electron chi connectivity index (χ1n) is 5.32. The van der Waals surface area contributed by atoms with Crippen LogP contribution in [0.4, 0.5) is 8.78 Å². The molecular weight excluding hydrogens is 186 g/mol. The summed E-state index contributed by atoms with van der Waals surface area (Å²) in [5, 5.41) is 0. The first-order chi connectivity index (χ1) is 6.39. The summed E-state index contributed by atoms with van der Waals surface area (Å²) in [4.78, 5) is 0. The van der Waals surface area contributed by atoms with Crippen LogP contribution >= 0.6 is 0 Å². The van der Waals surface area contributed by atoms with Crippen LogP contribution < -0.4 is 0 Å². The summed E-state index contributed by atoms with van der Waals surface area (Å²) in [7, 11) is 1.64. The standard InChI is InChI=1S/C11H20F2O/c1-9(2)8-10(14-3)4-6-11(12,13)7-5-10/h9H,4-8H2,1-3H3. The Labute approximate surface area is 84.8 Å². The van der Waals surface area contributed by atoms with Gasteiger partial charge in [0.2, 0.25) is 5.92 Å². The number of ether oxygens (including phenoxy) is 1. The molecule has 0 aliphatic heterocycles. The molecule has 3 heteroatoms. The minimum atomic E-state index is -2.46. The van der Waals surface area contributed by atoms with E-state index in [1.807, 2.05) is 0 Å².